The second-order valence-corrected chi connectivity index (χ2v) is 2.14. The highest BCUT2D eigenvalue weighted by molar-refractivity contribution is 5.49. The van der Waals surface area contributed by atoms with Crippen molar-refractivity contribution in [3.8, 4) is 0 Å². The van der Waals surface area contributed by atoms with Crippen molar-refractivity contribution in [3.05, 3.63) is 11.6 Å². The van der Waals surface area contributed by atoms with Crippen LogP contribution in [0.2, 0.25) is 0 Å². The van der Waals surface area contributed by atoms with E-state index >= 15 is 0 Å². The van der Waals surface area contributed by atoms with Crippen molar-refractivity contribution < 1.29 is 4.79 Å². The van der Waals surface area contributed by atoms with E-state index in [2.05, 4.69) is 25.8 Å². The fraction of sp³-hybridized carbons (Fsp3) is 0.500. The van der Waals surface area contributed by atoms with Gasteiger partial charge in [0, 0.05) is 0 Å². The molecule has 2 N–H and O–H groups in total. The molecule has 6 nitrogen and oxygen atoms in total. The predicted molar refractivity (Wildman–Crippen MR) is 53.5 cm³/mol. The lowest BCUT2D eigenvalue weighted by Crippen LogP contribution is -2.21. The van der Waals surface area contributed by atoms with Gasteiger partial charge in [-0.3, -0.25) is 15.6 Å². The van der Waals surface area contributed by atoms with E-state index in [9.17, 15) is 4.79 Å². The molecule has 0 aromatic carbocycles. The average molecular weight is 197 g/mol. The Labute approximate surface area is 83.2 Å². The Morgan fingerprint density at radius 2 is 1.57 bits per heavy atom. The maximum absolute atomic E-state index is 9.90. The van der Waals surface area contributed by atoms with Crippen molar-refractivity contribution in [2.75, 3.05) is 5.43 Å². The molecule has 0 unspecified atom stereocenters. The van der Waals surface area contributed by atoms with Gasteiger partial charge in [-0.05, 0) is 13.8 Å². The van der Waals surface area contributed by atoms with Crippen molar-refractivity contribution in [1.29, 1.82) is 0 Å². The van der Waals surface area contributed by atoms with E-state index in [1.807, 2.05) is 13.8 Å². The molecule has 0 radical (unpaired) electrons. The maximum Gasteiger partial charge on any atom is 0.245 e. The summed E-state index contributed by atoms with van der Waals surface area (Å²) in [5.41, 5.74) is 4.73. The SMILES string of the molecule is CC.Cc1nc(C)nc(NNC=O)n1. The molecular formula is C8H15N5O. The Morgan fingerprint density at radius 1 is 1.07 bits per heavy atom. The molecule has 78 valence electrons. The van der Waals surface area contributed by atoms with Crippen LogP contribution in [0, 0.1) is 13.8 Å². The Morgan fingerprint density at radius 3 is 2.00 bits per heavy atom. The predicted octanol–water partition coefficient (Wildman–Crippen LogP) is 0.588. The third kappa shape index (κ3) is 4.34. The molecular weight excluding hydrogens is 182 g/mol. The Bertz CT molecular complexity index is 269. The molecule has 0 bridgehead atoms. The largest absolute Gasteiger partial charge is 0.277 e. The van der Waals surface area contributed by atoms with Crippen LogP contribution in [0.1, 0.15) is 25.5 Å². The first-order valence-corrected chi connectivity index (χ1v) is 4.37. The quantitative estimate of drug-likeness (QED) is 0.547. The van der Waals surface area contributed by atoms with E-state index in [1.54, 1.807) is 13.8 Å². The minimum Gasteiger partial charge on any atom is -0.277 e. The Balaban J connectivity index is 0.000000791. The minimum absolute atomic E-state index is 0.340. The van der Waals surface area contributed by atoms with Gasteiger partial charge in [-0.25, -0.2) is 4.98 Å². The lowest BCUT2D eigenvalue weighted by Gasteiger charge is -2.02. The molecule has 1 rings (SSSR count). The molecule has 0 aliphatic heterocycles. The van der Waals surface area contributed by atoms with Gasteiger partial charge in [0.05, 0.1) is 0 Å². The molecule has 0 aliphatic carbocycles. The van der Waals surface area contributed by atoms with Crippen LogP contribution in [0.25, 0.3) is 0 Å². The average Bonchev–Trinajstić information content (AvgIpc) is 2.16. The molecule has 0 saturated carbocycles. The first kappa shape index (κ1) is 12.3. The van der Waals surface area contributed by atoms with E-state index in [1.165, 1.54) is 0 Å². The fourth-order valence-electron chi connectivity index (χ4n) is 0.766. The van der Waals surface area contributed by atoms with E-state index in [4.69, 9.17) is 0 Å². The van der Waals surface area contributed by atoms with E-state index < -0.39 is 0 Å². The fourth-order valence-corrected chi connectivity index (χ4v) is 0.766. The second-order valence-electron chi connectivity index (χ2n) is 2.14. The first-order valence-electron chi connectivity index (χ1n) is 4.37. The molecule has 14 heavy (non-hydrogen) atoms. The molecule has 0 aliphatic rings. The van der Waals surface area contributed by atoms with Crippen molar-refractivity contribution >= 4 is 12.4 Å². The number of anilines is 1. The van der Waals surface area contributed by atoms with Gasteiger partial charge < -0.3 is 0 Å². The summed E-state index contributed by atoms with van der Waals surface area (Å²) in [6.45, 7) is 7.50. The number of amides is 1. The highest BCUT2D eigenvalue weighted by Crippen LogP contribution is 1.96. The molecule has 6 heteroatoms. The number of nitrogens with zero attached hydrogens (tertiary/aromatic N) is 3. The van der Waals surface area contributed by atoms with Crippen LogP contribution in [0.5, 0.6) is 0 Å². The third-order valence-corrected chi connectivity index (χ3v) is 1.10. The number of hydrogen-bond donors (Lipinski definition) is 2. The number of hydrogen-bond acceptors (Lipinski definition) is 5. The number of aryl methyl sites for hydroxylation is 2. The van der Waals surface area contributed by atoms with E-state index in [0.29, 0.717) is 24.0 Å². The van der Waals surface area contributed by atoms with Gasteiger partial charge in [-0.1, -0.05) is 13.8 Å². The summed E-state index contributed by atoms with van der Waals surface area (Å²) in [5, 5.41) is 0. The van der Waals surface area contributed by atoms with Crippen LogP contribution in [0.3, 0.4) is 0 Å². The van der Waals surface area contributed by atoms with E-state index in [-0.39, 0.29) is 0 Å². The normalized spacial score (nSPS) is 8.29. The lowest BCUT2D eigenvalue weighted by molar-refractivity contribution is -0.109. The zero-order valence-electron chi connectivity index (χ0n) is 8.83. The summed E-state index contributed by atoms with van der Waals surface area (Å²) >= 11 is 0. The van der Waals surface area contributed by atoms with Crippen LogP contribution >= 0.6 is 0 Å². The number of carbonyl (C=O) groups is 1. The van der Waals surface area contributed by atoms with Gasteiger partial charge in [0.1, 0.15) is 11.6 Å². The topological polar surface area (TPSA) is 79.8 Å². The summed E-state index contributed by atoms with van der Waals surface area (Å²) < 4.78 is 0. The molecule has 1 amide bonds. The van der Waals surface area contributed by atoms with Crippen LogP contribution < -0.4 is 10.9 Å². The van der Waals surface area contributed by atoms with Gasteiger partial charge in [-0.2, -0.15) is 9.97 Å². The monoisotopic (exact) mass is 197 g/mol. The third-order valence-electron chi connectivity index (χ3n) is 1.10. The standard InChI is InChI=1S/C6H9N5O.C2H6/c1-4-8-5(2)10-6(9-4)11-7-3-12;1-2/h3H,1-2H3,(H,7,12)(H,8,9,10,11);1-2H3. The summed E-state index contributed by atoms with van der Waals surface area (Å²) in [7, 11) is 0. The van der Waals surface area contributed by atoms with Crippen LogP contribution in [0.15, 0.2) is 0 Å². The van der Waals surface area contributed by atoms with Gasteiger partial charge in [-0.15, -0.1) is 0 Å². The van der Waals surface area contributed by atoms with Crippen LogP contribution in [-0.2, 0) is 4.79 Å². The molecule has 0 saturated heterocycles. The van der Waals surface area contributed by atoms with Gasteiger partial charge in [0.15, 0.2) is 0 Å². The van der Waals surface area contributed by atoms with Crippen molar-refractivity contribution in [1.82, 2.24) is 20.4 Å². The lowest BCUT2D eigenvalue weighted by atomic mass is 10.6. The summed E-state index contributed by atoms with van der Waals surface area (Å²) in [5.74, 6) is 1.56. The van der Waals surface area contributed by atoms with Gasteiger partial charge in [0.2, 0.25) is 12.4 Å². The number of aromatic nitrogens is 3. The van der Waals surface area contributed by atoms with Crippen LogP contribution in [-0.4, -0.2) is 21.4 Å². The number of carbonyl (C=O) groups excluding carboxylic acids is 1. The van der Waals surface area contributed by atoms with E-state index in [0.717, 1.165) is 0 Å². The maximum atomic E-state index is 9.90. The van der Waals surface area contributed by atoms with Crippen molar-refractivity contribution in [2.24, 2.45) is 0 Å². The first-order chi connectivity index (χ1) is 6.72. The minimum atomic E-state index is 0.340. The Kier molecular flexibility index (Phi) is 5.93. The smallest absolute Gasteiger partial charge is 0.245 e. The molecule has 1 aromatic rings. The molecule has 0 fully saturated rings. The molecule has 1 aromatic heterocycles. The zero-order valence-corrected chi connectivity index (χ0v) is 8.83. The Hall–Kier alpha value is -1.72. The van der Waals surface area contributed by atoms with Crippen LogP contribution in [0.4, 0.5) is 5.95 Å². The highest BCUT2D eigenvalue weighted by atomic mass is 16.1. The molecule has 0 atom stereocenters. The van der Waals surface area contributed by atoms with Crippen molar-refractivity contribution in [3.63, 3.8) is 0 Å². The number of rotatable bonds is 3. The number of hydrazine groups is 1. The van der Waals surface area contributed by atoms with Gasteiger partial charge in [0.25, 0.3) is 0 Å². The zero-order chi connectivity index (χ0) is 11.0. The highest BCUT2D eigenvalue weighted by Gasteiger charge is 1.97. The molecule has 0 spiro atoms. The van der Waals surface area contributed by atoms with Crippen molar-refractivity contribution in [2.45, 2.75) is 27.7 Å². The van der Waals surface area contributed by atoms with Gasteiger partial charge >= 0.3 is 0 Å². The second kappa shape index (κ2) is 6.76. The molecule has 1 heterocycles. The summed E-state index contributed by atoms with van der Waals surface area (Å²) in [6, 6.07) is 0. The summed E-state index contributed by atoms with van der Waals surface area (Å²) in [4.78, 5) is 21.7. The summed E-state index contributed by atoms with van der Waals surface area (Å²) in [6.07, 6.45) is 0.508. The number of nitrogens with one attached hydrogen (secondary N) is 2.